The molecule has 0 bridgehead atoms. The van der Waals surface area contributed by atoms with Crippen LogP contribution in [0.1, 0.15) is 71.4 Å². The molecule has 194 valence electrons. The van der Waals surface area contributed by atoms with E-state index in [-0.39, 0.29) is 5.78 Å². The van der Waals surface area contributed by atoms with E-state index in [1.807, 2.05) is 25.1 Å². The van der Waals surface area contributed by atoms with Gasteiger partial charge >= 0.3 is 0 Å². The smallest absolute Gasteiger partial charge is 0.278 e. The molecule has 5 nitrogen and oxygen atoms in total. The average molecular weight is 534 g/mol. The fraction of sp³-hybridized carbons (Fsp3) is 0.593. The van der Waals surface area contributed by atoms with Crippen molar-refractivity contribution in [1.29, 1.82) is 0 Å². The van der Waals surface area contributed by atoms with Gasteiger partial charge in [-0.1, -0.05) is 30.2 Å². The number of benzene rings is 1. The molecule has 0 amide bonds. The SMILES string of the molecule is Cc1nc2cccc(C(=O)CC3CCC(CCN4CCc5sc(OCC(C)(F)F)nc5C4)CC3)c2s1. The normalized spacial score (nSPS) is 21.0. The Balaban J connectivity index is 1.06. The molecule has 2 aliphatic rings. The zero-order valence-corrected chi connectivity index (χ0v) is 22.5. The molecule has 1 aliphatic heterocycles. The van der Waals surface area contributed by atoms with Crippen LogP contribution in [0.15, 0.2) is 18.2 Å². The number of Topliss-reactive ketones (excluding diaryl/α,β-unsaturated/α-hetero) is 1. The Kier molecular flexibility index (Phi) is 7.70. The van der Waals surface area contributed by atoms with Crippen molar-refractivity contribution in [3.05, 3.63) is 39.3 Å². The maximum absolute atomic E-state index is 13.1. The molecule has 5 rings (SSSR count). The summed E-state index contributed by atoms with van der Waals surface area (Å²) >= 11 is 3.02. The summed E-state index contributed by atoms with van der Waals surface area (Å²) < 4.78 is 32.4. The van der Waals surface area contributed by atoms with Crippen molar-refractivity contribution < 1.29 is 18.3 Å². The highest BCUT2D eigenvalue weighted by Gasteiger charge is 2.27. The van der Waals surface area contributed by atoms with Crippen LogP contribution in [0.4, 0.5) is 8.78 Å². The van der Waals surface area contributed by atoms with Crippen molar-refractivity contribution in [1.82, 2.24) is 14.9 Å². The fourth-order valence-corrected chi connectivity index (χ4v) is 7.27. The molecule has 3 aromatic rings. The van der Waals surface area contributed by atoms with Gasteiger partial charge in [0, 0.05) is 36.9 Å². The number of carbonyl (C=O) groups excluding carboxylic acids is 1. The van der Waals surface area contributed by atoms with Gasteiger partial charge in [-0.3, -0.25) is 9.69 Å². The molecule has 0 N–H and O–H groups in total. The second-order valence-corrected chi connectivity index (χ2v) is 12.7. The Morgan fingerprint density at radius 2 is 1.94 bits per heavy atom. The molecule has 1 aromatic carbocycles. The summed E-state index contributed by atoms with van der Waals surface area (Å²) in [5.41, 5.74) is 2.75. The van der Waals surface area contributed by atoms with Gasteiger partial charge in [0.1, 0.15) is 0 Å². The Hall–Kier alpha value is -1.97. The highest BCUT2D eigenvalue weighted by molar-refractivity contribution is 7.18. The molecule has 3 heterocycles. The minimum absolute atomic E-state index is 0.256. The van der Waals surface area contributed by atoms with Crippen molar-refractivity contribution in [2.45, 2.75) is 71.3 Å². The molecule has 9 heteroatoms. The van der Waals surface area contributed by atoms with Gasteiger partial charge in [-0.15, -0.1) is 11.3 Å². The first kappa shape index (κ1) is 25.7. The van der Waals surface area contributed by atoms with Crippen LogP contribution < -0.4 is 4.74 Å². The zero-order valence-electron chi connectivity index (χ0n) is 20.9. The molecule has 1 saturated carbocycles. The summed E-state index contributed by atoms with van der Waals surface area (Å²) in [6.07, 6.45) is 7.29. The maximum Gasteiger partial charge on any atom is 0.278 e. The number of thiazole rings is 2. The van der Waals surface area contributed by atoms with Crippen LogP contribution in [-0.4, -0.2) is 46.3 Å². The first-order valence-corrected chi connectivity index (χ1v) is 14.5. The average Bonchev–Trinajstić information content (AvgIpc) is 3.43. The molecular weight excluding hydrogens is 500 g/mol. The van der Waals surface area contributed by atoms with Crippen LogP contribution in [0.25, 0.3) is 10.2 Å². The number of aryl methyl sites for hydroxylation is 1. The van der Waals surface area contributed by atoms with E-state index in [1.54, 1.807) is 11.3 Å². The number of carbonyl (C=O) groups is 1. The number of nitrogens with zero attached hydrogens (tertiary/aromatic N) is 3. The second kappa shape index (κ2) is 10.8. The van der Waals surface area contributed by atoms with E-state index in [9.17, 15) is 13.6 Å². The van der Waals surface area contributed by atoms with E-state index in [0.717, 1.165) is 83.6 Å². The maximum atomic E-state index is 13.1. The van der Waals surface area contributed by atoms with E-state index in [1.165, 1.54) is 24.2 Å². The van der Waals surface area contributed by atoms with Gasteiger partial charge in [0.05, 0.1) is 20.9 Å². The lowest BCUT2D eigenvalue weighted by Crippen LogP contribution is -2.32. The lowest BCUT2D eigenvalue weighted by atomic mass is 9.78. The first-order valence-electron chi connectivity index (χ1n) is 12.8. The summed E-state index contributed by atoms with van der Waals surface area (Å²) in [6.45, 7) is 4.99. The summed E-state index contributed by atoms with van der Waals surface area (Å²) in [7, 11) is 0. The second-order valence-electron chi connectivity index (χ2n) is 10.4. The van der Waals surface area contributed by atoms with Gasteiger partial charge in [-0.2, -0.15) is 0 Å². The molecule has 2 aromatic heterocycles. The van der Waals surface area contributed by atoms with Crippen molar-refractivity contribution in [2.24, 2.45) is 11.8 Å². The van der Waals surface area contributed by atoms with Crippen LogP contribution in [-0.2, 0) is 13.0 Å². The monoisotopic (exact) mass is 533 g/mol. The molecule has 0 radical (unpaired) electrons. The Labute approximate surface area is 218 Å². The Morgan fingerprint density at radius 1 is 1.17 bits per heavy atom. The number of hydrogen-bond acceptors (Lipinski definition) is 7. The topological polar surface area (TPSA) is 55.3 Å². The number of hydrogen-bond donors (Lipinski definition) is 0. The number of ketones is 1. The van der Waals surface area contributed by atoms with Gasteiger partial charge in [0.25, 0.3) is 11.1 Å². The Bertz CT molecular complexity index is 1210. The largest absolute Gasteiger partial charge is 0.464 e. The van der Waals surface area contributed by atoms with Gasteiger partial charge < -0.3 is 4.74 Å². The minimum atomic E-state index is -2.85. The van der Waals surface area contributed by atoms with Crippen molar-refractivity contribution >= 4 is 38.7 Å². The van der Waals surface area contributed by atoms with Crippen LogP contribution in [0.2, 0.25) is 0 Å². The minimum Gasteiger partial charge on any atom is -0.464 e. The van der Waals surface area contributed by atoms with Crippen LogP contribution in [0.5, 0.6) is 5.19 Å². The molecule has 1 aliphatic carbocycles. The van der Waals surface area contributed by atoms with E-state index < -0.39 is 12.5 Å². The predicted molar refractivity (Wildman–Crippen MR) is 141 cm³/mol. The van der Waals surface area contributed by atoms with Crippen molar-refractivity contribution in [3.63, 3.8) is 0 Å². The summed E-state index contributed by atoms with van der Waals surface area (Å²) in [5, 5.41) is 1.36. The zero-order chi connectivity index (χ0) is 25.3. The third-order valence-corrected chi connectivity index (χ3v) is 9.44. The Morgan fingerprint density at radius 3 is 2.72 bits per heavy atom. The molecule has 0 spiro atoms. The van der Waals surface area contributed by atoms with E-state index in [0.29, 0.717) is 23.5 Å². The van der Waals surface area contributed by atoms with Gasteiger partial charge in [-0.25, -0.2) is 18.7 Å². The molecule has 0 atom stereocenters. The first-order chi connectivity index (χ1) is 17.2. The van der Waals surface area contributed by atoms with Gasteiger partial charge in [-0.05, 0) is 63.1 Å². The molecule has 0 unspecified atom stereocenters. The standard InChI is InChI=1S/C27H33F2N3O2S2/c1-17-30-21-5-3-4-20(25(21)35-17)23(33)14-19-8-6-18(7-9-19)10-12-32-13-11-24-22(15-32)31-26(36-24)34-16-27(2,28)29/h3-5,18-19H,6-16H2,1-2H3. The number of ether oxygens (including phenoxy) is 1. The third-order valence-electron chi connectivity index (χ3n) is 7.35. The number of fused-ring (bicyclic) bond motifs is 2. The van der Waals surface area contributed by atoms with E-state index in [4.69, 9.17) is 4.74 Å². The summed E-state index contributed by atoms with van der Waals surface area (Å²) in [5.74, 6) is -1.42. The highest BCUT2D eigenvalue weighted by Crippen LogP contribution is 2.36. The molecule has 0 saturated heterocycles. The highest BCUT2D eigenvalue weighted by atomic mass is 32.1. The number of rotatable bonds is 9. The third kappa shape index (κ3) is 6.29. The number of alkyl halides is 2. The van der Waals surface area contributed by atoms with Gasteiger partial charge in [0.15, 0.2) is 12.4 Å². The summed E-state index contributed by atoms with van der Waals surface area (Å²) in [4.78, 5) is 25.6. The predicted octanol–water partition coefficient (Wildman–Crippen LogP) is 6.92. The van der Waals surface area contributed by atoms with E-state index in [2.05, 4.69) is 14.9 Å². The quantitative estimate of drug-likeness (QED) is 0.279. The van der Waals surface area contributed by atoms with Crippen molar-refractivity contribution in [2.75, 3.05) is 19.7 Å². The number of aromatic nitrogens is 2. The van der Waals surface area contributed by atoms with Crippen LogP contribution in [0.3, 0.4) is 0 Å². The number of halogens is 2. The summed E-state index contributed by atoms with van der Waals surface area (Å²) in [6, 6.07) is 5.88. The molecular formula is C27H33F2N3O2S2. The molecule has 1 fully saturated rings. The van der Waals surface area contributed by atoms with E-state index >= 15 is 0 Å². The van der Waals surface area contributed by atoms with Crippen LogP contribution >= 0.6 is 22.7 Å². The van der Waals surface area contributed by atoms with Gasteiger partial charge in [0.2, 0.25) is 0 Å². The lowest BCUT2D eigenvalue weighted by Gasteiger charge is -2.31. The van der Waals surface area contributed by atoms with Crippen molar-refractivity contribution in [3.8, 4) is 5.19 Å². The van der Waals surface area contributed by atoms with Crippen LogP contribution in [0, 0.1) is 18.8 Å². The molecule has 36 heavy (non-hydrogen) atoms. The fourth-order valence-electron chi connectivity index (χ4n) is 5.41. The lowest BCUT2D eigenvalue weighted by molar-refractivity contribution is -0.0230.